The van der Waals surface area contributed by atoms with E-state index >= 15 is 0 Å². The minimum atomic E-state index is -0.0935. The van der Waals surface area contributed by atoms with E-state index < -0.39 is 0 Å². The van der Waals surface area contributed by atoms with Crippen LogP contribution < -0.4 is 5.32 Å². The molecule has 0 saturated carbocycles. The molecule has 1 aromatic heterocycles. The lowest BCUT2D eigenvalue weighted by Gasteiger charge is -2.07. The molecule has 82 valence electrons. The van der Waals surface area contributed by atoms with Gasteiger partial charge in [-0.15, -0.1) is 0 Å². The number of hydrogen-bond donors (Lipinski definition) is 1. The van der Waals surface area contributed by atoms with E-state index in [0.29, 0.717) is 29.6 Å². The number of carbonyl (C=O) groups is 1. The van der Waals surface area contributed by atoms with Crippen molar-refractivity contribution in [3.8, 4) is 0 Å². The molecular weight excluding hydrogens is 216 g/mol. The molecule has 1 rings (SSSR count). The van der Waals surface area contributed by atoms with Crippen LogP contribution in [0.15, 0.2) is 12.1 Å². The summed E-state index contributed by atoms with van der Waals surface area (Å²) in [7, 11) is 1.56. The topological polar surface area (TPSA) is 51.2 Å². The Morgan fingerprint density at radius 3 is 2.93 bits per heavy atom. The van der Waals surface area contributed by atoms with Crippen LogP contribution in [0.25, 0.3) is 0 Å². The number of rotatable bonds is 4. The summed E-state index contributed by atoms with van der Waals surface area (Å²) in [5, 5.41) is 3.15. The first-order chi connectivity index (χ1) is 7.13. The number of hydrogen-bond acceptors (Lipinski definition) is 3. The normalized spacial score (nSPS) is 10.1. The molecule has 4 nitrogen and oxygen atoms in total. The molecule has 0 spiro atoms. The number of carbonyl (C=O) groups excluding carboxylic acids is 1. The maximum Gasteiger partial charge on any atom is 0.226 e. The van der Waals surface area contributed by atoms with Crippen LogP contribution in [-0.2, 0) is 9.53 Å². The van der Waals surface area contributed by atoms with Crippen molar-refractivity contribution in [2.24, 2.45) is 0 Å². The van der Waals surface area contributed by atoms with Crippen molar-refractivity contribution in [2.45, 2.75) is 13.3 Å². The molecule has 5 heteroatoms. The molecule has 0 atom stereocenters. The second-order valence-electron chi connectivity index (χ2n) is 3.06. The van der Waals surface area contributed by atoms with Crippen LogP contribution in [0.1, 0.15) is 12.1 Å². The molecule has 0 bridgehead atoms. The Morgan fingerprint density at radius 1 is 1.60 bits per heavy atom. The quantitative estimate of drug-likeness (QED) is 0.803. The Morgan fingerprint density at radius 2 is 2.33 bits per heavy atom. The highest BCUT2D eigenvalue weighted by atomic mass is 35.5. The zero-order valence-electron chi connectivity index (χ0n) is 8.71. The number of nitrogens with zero attached hydrogens (tertiary/aromatic N) is 1. The van der Waals surface area contributed by atoms with Crippen molar-refractivity contribution in [2.75, 3.05) is 19.0 Å². The van der Waals surface area contributed by atoms with Crippen LogP contribution in [0.3, 0.4) is 0 Å². The van der Waals surface area contributed by atoms with Gasteiger partial charge in [-0.1, -0.05) is 11.6 Å². The van der Waals surface area contributed by atoms with Crippen LogP contribution in [-0.4, -0.2) is 24.6 Å². The maximum absolute atomic E-state index is 11.4. The predicted octanol–water partition coefficient (Wildman–Crippen LogP) is 2.02. The van der Waals surface area contributed by atoms with Gasteiger partial charge in [0, 0.05) is 7.11 Å². The SMILES string of the molecule is COCCC(=O)Nc1ccc(Cl)nc1C. The predicted molar refractivity (Wildman–Crippen MR) is 59.1 cm³/mol. The van der Waals surface area contributed by atoms with E-state index in [-0.39, 0.29) is 5.91 Å². The molecule has 0 fully saturated rings. The summed E-state index contributed by atoms with van der Waals surface area (Å²) in [5.74, 6) is -0.0935. The molecule has 0 radical (unpaired) electrons. The molecule has 1 heterocycles. The number of amides is 1. The third-order valence-corrected chi connectivity index (χ3v) is 2.07. The second-order valence-corrected chi connectivity index (χ2v) is 3.45. The number of aryl methyl sites for hydroxylation is 1. The number of ether oxygens (including phenoxy) is 1. The number of nitrogens with one attached hydrogen (secondary N) is 1. The van der Waals surface area contributed by atoms with E-state index in [1.807, 2.05) is 0 Å². The van der Waals surface area contributed by atoms with E-state index in [1.54, 1.807) is 26.2 Å². The standard InChI is InChI=1S/C10H13ClN2O2/c1-7-8(3-4-9(11)12-7)13-10(14)5-6-15-2/h3-4H,5-6H2,1-2H3,(H,13,14). The van der Waals surface area contributed by atoms with Crippen molar-refractivity contribution in [3.63, 3.8) is 0 Å². The molecule has 0 aliphatic carbocycles. The average Bonchev–Trinajstić information content (AvgIpc) is 2.19. The summed E-state index contributed by atoms with van der Waals surface area (Å²) in [6.45, 7) is 2.20. The fourth-order valence-corrected chi connectivity index (χ4v) is 1.26. The molecule has 15 heavy (non-hydrogen) atoms. The Hall–Kier alpha value is -1.13. The zero-order valence-corrected chi connectivity index (χ0v) is 9.47. The first-order valence-corrected chi connectivity index (χ1v) is 4.93. The summed E-state index contributed by atoms with van der Waals surface area (Å²) in [4.78, 5) is 15.4. The molecule has 1 amide bonds. The molecule has 0 saturated heterocycles. The molecule has 1 aromatic rings. The summed E-state index contributed by atoms with van der Waals surface area (Å²) < 4.78 is 4.80. The minimum Gasteiger partial charge on any atom is -0.384 e. The third kappa shape index (κ3) is 3.85. The van der Waals surface area contributed by atoms with E-state index in [1.165, 1.54) is 0 Å². The number of methoxy groups -OCH3 is 1. The number of anilines is 1. The number of halogens is 1. The highest BCUT2D eigenvalue weighted by molar-refractivity contribution is 6.29. The van der Waals surface area contributed by atoms with Gasteiger partial charge < -0.3 is 10.1 Å². The smallest absolute Gasteiger partial charge is 0.226 e. The lowest BCUT2D eigenvalue weighted by atomic mass is 10.3. The highest BCUT2D eigenvalue weighted by Gasteiger charge is 2.05. The molecule has 1 N–H and O–H groups in total. The highest BCUT2D eigenvalue weighted by Crippen LogP contribution is 2.15. The zero-order chi connectivity index (χ0) is 11.3. The Kier molecular flexibility index (Phi) is 4.52. The molecule has 0 aliphatic heterocycles. The van der Waals surface area contributed by atoms with Gasteiger partial charge in [-0.05, 0) is 19.1 Å². The van der Waals surface area contributed by atoms with Gasteiger partial charge in [0.05, 0.1) is 24.4 Å². The van der Waals surface area contributed by atoms with Crippen LogP contribution in [0, 0.1) is 6.92 Å². The Balaban J connectivity index is 2.60. The van der Waals surface area contributed by atoms with Gasteiger partial charge in [-0.2, -0.15) is 0 Å². The van der Waals surface area contributed by atoms with Crippen LogP contribution in [0.5, 0.6) is 0 Å². The summed E-state index contributed by atoms with van der Waals surface area (Å²) >= 11 is 5.69. The van der Waals surface area contributed by atoms with Gasteiger partial charge >= 0.3 is 0 Å². The maximum atomic E-state index is 11.4. The van der Waals surface area contributed by atoms with Crippen LogP contribution in [0.4, 0.5) is 5.69 Å². The lowest BCUT2D eigenvalue weighted by molar-refractivity contribution is -0.117. The van der Waals surface area contributed by atoms with Gasteiger partial charge in [-0.25, -0.2) is 4.98 Å². The molecule has 0 unspecified atom stereocenters. The van der Waals surface area contributed by atoms with E-state index in [0.717, 1.165) is 0 Å². The summed E-state index contributed by atoms with van der Waals surface area (Å²) in [6, 6.07) is 3.37. The number of pyridine rings is 1. The average molecular weight is 229 g/mol. The first kappa shape index (κ1) is 11.9. The third-order valence-electron chi connectivity index (χ3n) is 1.86. The fourth-order valence-electron chi connectivity index (χ4n) is 1.07. The monoisotopic (exact) mass is 228 g/mol. The lowest BCUT2D eigenvalue weighted by Crippen LogP contribution is -2.14. The minimum absolute atomic E-state index is 0.0935. The van der Waals surface area contributed by atoms with Crippen molar-refractivity contribution in [3.05, 3.63) is 23.0 Å². The van der Waals surface area contributed by atoms with E-state index in [2.05, 4.69) is 10.3 Å². The van der Waals surface area contributed by atoms with Crippen molar-refractivity contribution < 1.29 is 9.53 Å². The number of aromatic nitrogens is 1. The first-order valence-electron chi connectivity index (χ1n) is 4.55. The Labute approximate surface area is 93.6 Å². The van der Waals surface area contributed by atoms with Gasteiger partial charge in [0.2, 0.25) is 5.91 Å². The molecule has 0 aromatic carbocycles. The summed E-state index contributed by atoms with van der Waals surface area (Å²) in [5.41, 5.74) is 1.38. The van der Waals surface area contributed by atoms with Gasteiger partial charge in [0.15, 0.2) is 0 Å². The van der Waals surface area contributed by atoms with Gasteiger partial charge in [-0.3, -0.25) is 4.79 Å². The molecule has 0 aliphatic rings. The van der Waals surface area contributed by atoms with E-state index in [9.17, 15) is 4.79 Å². The summed E-state index contributed by atoms with van der Waals surface area (Å²) in [6.07, 6.45) is 0.332. The Bertz CT molecular complexity index is 355. The second kappa shape index (κ2) is 5.68. The van der Waals surface area contributed by atoms with Crippen LogP contribution in [0.2, 0.25) is 5.15 Å². The van der Waals surface area contributed by atoms with Crippen LogP contribution >= 0.6 is 11.6 Å². The van der Waals surface area contributed by atoms with Crippen molar-refractivity contribution in [1.29, 1.82) is 0 Å². The molecular formula is C10H13ClN2O2. The van der Waals surface area contributed by atoms with Gasteiger partial charge in [0.1, 0.15) is 5.15 Å². The fraction of sp³-hybridized carbons (Fsp3) is 0.400. The van der Waals surface area contributed by atoms with E-state index in [4.69, 9.17) is 16.3 Å². The van der Waals surface area contributed by atoms with Gasteiger partial charge in [0.25, 0.3) is 0 Å². The van der Waals surface area contributed by atoms with Crippen molar-refractivity contribution in [1.82, 2.24) is 4.98 Å². The largest absolute Gasteiger partial charge is 0.384 e. The van der Waals surface area contributed by atoms with Crippen molar-refractivity contribution >= 4 is 23.2 Å².